The van der Waals surface area contributed by atoms with E-state index in [0.29, 0.717) is 13.0 Å². The van der Waals surface area contributed by atoms with Crippen LogP contribution in [0, 0.1) is 5.41 Å². The van der Waals surface area contributed by atoms with Crippen molar-refractivity contribution in [3.8, 4) is 0 Å². The first-order valence-electron chi connectivity index (χ1n) is 12.0. The minimum Gasteiger partial charge on any atom is -0.467 e. The Hall–Kier alpha value is -2.06. The van der Waals surface area contributed by atoms with Crippen LogP contribution in [0.5, 0.6) is 0 Å². The van der Waals surface area contributed by atoms with Crippen molar-refractivity contribution in [1.29, 1.82) is 0 Å². The molecule has 0 aromatic heterocycles. The van der Waals surface area contributed by atoms with Gasteiger partial charge < -0.3 is 18.8 Å². The molecule has 1 aromatic rings. The number of hydrogen-bond donors (Lipinski definition) is 0. The Labute approximate surface area is 197 Å². The number of amides is 1. The molecule has 3 fully saturated rings. The number of ether oxygens (including phenoxy) is 2. The van der Waals surface area contributed by atoms with Crippen LogP contribution in [0.4, 0.5) is 4.79 Å². The van der Waals surface area contributed by atoms with Gasteiger partial charge in [-0.3, -0.25) is 4.90 Å². The van der Waals surface area contributed by atoms with E-state index >= 15 is 0 Å². The molecule has 7 nitrogen and oxygen atoms in total. The Morgan fingerprint density at radius 3 is 2.27 bits per heavy atom. The van der Waals surface area contributed by atoms with Gasteiger partial charge in [0.05, 0.1) is 18.3 Å². The number of hydrogen-bond acceptors (Lipinski definition) is 6. The standard InChI is InChI=1S/C25H36BNO6/c1-22(2)23(3,4)33-26(32-22)16-9-12-24-13-14-25(24,20(28)30-5)27(17-15-24)21(29)31-18-19-10-7-6-8-11-19/h6-8,10-11H,9,12-18H2,1-5H3. The second-order valence-electron chi connectivity index (χ2n) is 10.7. The van der Waals surface area contributed by atoms with Crippen LogP contribution < -0.4 is 0 Å². The second-order valence-corrected chi connectivity index (χ2v) is 10.7. The molecule has 2 unspecified atom stereocenters. The maximum atomic E-state index is 13.1. The molecule has 2 atom stereocenters. The third-order valence-corrected chi connectivity index (χ3v) is 8.46. The lowest BCUT2D eigenvalue weighted by atomic mass is 9.52. The monoisotopic (exact) mass is 457 g/mol. The molecule has 1 aromatic carbocycles. The molecule has 1 aliphatic carbocycles. The molecule has 0 bridgehead atoms. The van der Waals surface area contributed by atoms with Crippen LogP contribution in [-0.4, -0.2) is 54.5 Å². The van der Waals surface area contributed by atoms with Crippen molar-refractivity contribution in [2.75, 3.05) is 13.7 Å². The van der Waals surface area contributed by atoms with Gasteiger partial charge >= 0.3 is 19.2 Å². The summed E-state index contributed by atoms with van der Waals surface area (Å²) >= 11 is 0. The fraction of sp³-hybridized carbons (Fsp3) is 0.680. The zero-order valence-electron chi connectivity index (χ0n) is 20.5. The number of esters is 1. The van der Waals surface area contributed by atoms with Gasteiger partial charge in [0.2, 0.25) is 0 Å². The van der Waals surface area contributed by atoms with Gasteiger partial charge in [-0.2, -0.15) is 0 Å². The number of carbonyl (C=O) groups is 2. The Balaban J connectivity index is 1.41. The number of fused-ring (bicyclic) bond motifs is 1. The Morgan fingerprint density at radius 1 is 1.03 bits per heavy atom. The summed E-state index contributed by atoms with van der Waals surface area (Å²) in [6.07, 6.45) is 4.24. The Morgan fingerprint density at radius 2 is 1.70 bits per heavy atom. The molecule has 2 saturated heterocycles. The highest BCUT2D eigenvalue weighted by Gasteiger charge is 2.71. The average molecular weight is 457 g/mol. The lowest BCUT2D eigenvalue weighted by Crippen LogP contribution is -2.67. The molecule has 1 amide bonds. The largest absolute Gasteiger partial charge is 0.467 e. The Bertz CT molecular complexity index is 874. The van der Waals surface area contributed by atoms with Gasteiger partial charge in [0.25, 0.3) is 0 Å². The summed E-state index contributed by atoms with van der Waals surface area (Å²) in [4.78, 5) is 27.7. The highest BCUT2D eigenvalue weighted by Crippen LogP contribution is 2.63. The predicted octanol–water partition coefficient (Wildman–Crippen LogP) is 4.59. The van der Waals surface area contributed by atoms with Gasteiger partial charge in [-0.1, -0.05) is 36.8 Å². The van der Waals surface area contributed by atoms with Crippen LogP contribution in [0.15, 0.2) is 30.3 Å². The quantitative estimate of drug-likeness (QED) is 0.440. The summed E-state index contributed by atoms with van der Waals surface area (Å²) in [5, 5.41) is 0. The molecule has 2 aliphatic heterocycles. The first-order valence-corrected chi connectivity index (χ1v) is 12.0. The lowest BCUT2D eigenvalue weighted by Gasteiger charge is -2.55. The normalized spacial score (nSPS) is 29.4. The molecule has 2 heterocycles. The predicted molar refractivity (Wildman–Crippen MR) is 124 cm³/mol. The van der Waals surface area contributed by atoms with Crippen LogP contribution in [-0.2, 0) is 30.2 Å². The molecule has 4 rings (SSSR count). The SMILES string of the molecule is COC(=O)C12CCC1(CCCB1OC(C)(C)C(C)(C)O1)CCN2C(=O)OCc1ccccc1. The summed E-state index contributed by atoms with van der Waals surface area (Å²) < 4.78 is 23.1. The number of nitrogens with zero attached hydrogens (tertiary/aromatic N) is 1. The van der Waals surface area contributed by atoms with Crippen LogP contribution in [0.25, 0.3) is 0 Å². The molecule has 0 radical (unpaired) electrons. The van der Waals surface area contributed by atoms with Crippen molar-refractivity contribution in [2.45, 2.75) is 89.5 Å². The van der Waals surface area contributed by atoms with Crippen LogP contribution >= 0.6 is 0 Å². The molecule has 0 spiro atoms. The highest BCUT2D eigenvalue weighted by molar-refractivity contribution is 6.45. The molecule has 8 heteroatoms. The van der Waals surface area contributed by atoms with Crippen LogP contribution in [0.1, 0.15) is 65.4 Å². The van der Waals surface area contributed by atoms with Crippen LogP contribution in [0.3, 0.4) is 0 Å². The smallest absolute Gasteiger partial charge is 0.457 e. The fourth-order valence-electron chi connectivity index (χ4n) is 5.77. The van der Waals surface area contributed by atoms with Gasteiger partial charge in [-0.05, 0) is 65.3 Å². The third kappa shape index (κ3) is 3.95. The van der Waals surface area contributed by atoms with Gasteiger partial charge in [0.15, 0.2) is 0 Å². The molecular formula is C25H36BNO6. The summed E-state index contributed by atoms with van der Waals surface area (Å²) in [5.41, 5.74) is -1.01. The van der Waals surface area contributed by atoms with E-state index in [0.717, 1.165) is 37.6 Å². The van der Waals surface area contributed by atoms with E-state index in [1.165, 1.54) is 7.11 Å². The first kappa shape index (κ1) is 24.1. The van der Waals surface area contributed by atoms with Gasteiger partial charge in [-0.25, -0.2) is 9.59 Å². The number of methoxy groups -OCH3 is 1. The van der Waals surface area contributed by atoms with Gasteiger partial charge in [0.1, 0.15) is 12.1 Å². The van der Waals surface area contributed by atoms with E-state index in [1.54, 1.807) is 4.90 Å². The second kappa shape index (κ2) is 8.62. The van der Waals surface area contributed by atoms with Gasteiger partial charge in [0, 0.05) is 12.0 Å². The highest BCUT2D eigenvalue weighted by atomic mass is 16.7. The maximum Gasteiger partial charge on any atom is 0.457 e. The maximum absolute atomic E-state index is 13.1. The topological polar surface area (TPSA) is 74.3 Å². The van der Waals surface area contributed by atoms with Crippen molar-refractivity contribution >= 4 is 19.2 Å². The summed E-state index contributed by atoms with van der Waals surface area (Å²) in [6.45, 7) is 8.89. The number of likely N-dealkylation sites (tertiary alicyclic amines) is 1. The van der Waals surface area contributed by atoms with Crippen molar-refractivity contribution in [3.05, 3.63) is 35.9 Å². The average Bonchev–Trinajstić information content (AvgIpc) is 3.12. The van der Waals surface area contributed by atoms with E-state index in [4.69, 9.17) is 18.8 Å². The molecule has 33 heavy (non-hydrogen) atoms. The summed E-state index contributed by atoms with van der Waals surface area (Å²) in [5.74, 6) is -0.335. The minimum atomic E-state index is -0.939. The number of benzene rings is 1. The molecule has 180 valence electrons. The van der Waals surface area contributed by atoms with Crippen LogP contribution in [0.2, 0.25) is 6.32 Å². The summed E-state index contributed by atoms with van der Waals surface area (Å²) in [6, 6.07) is 9.57. The zero-order chi connectivity index (χ0) is 23.9. The minimum absolute atomic E-state index is 0.183. The zero-order valence-corrected chi connectivity index (χ0v) is 20.5. The third-order valence-electron chi connectivity index (χ3n) is 8.46. The van der Waals surface area contributed by atoms with E-state index in [2.05, 4.69) is 27.7 Å². The van der Waals surface area contributed by atoms with E-state index in [-0.39, 0.29) is 36.3 Å². The molecule has 3 aliphatic rings. The fourth-order valence-corrected chi connectivity index (χ4v) is 5.77. The molecular weight excluding hydrogens is 421 g/mol. The summed E-state index contributed by atoms with van der Waals surface area (Å²) in [7, 11) is 1.14. The van der Waals surface area contributed by atoms with Crippen molar-refractivity contribution in [1.82, 2.24) is 4.90 Å². The van der Waals surface area contributed by atoms with Crippen molar-refractivity contribution in [2.24, 2.45) is 5.41 Å². The van der Waals surface area contributed by atoms with E-state index < -0.39 is 11.6 Å². The number of rotatable bonds is 7. The first-order chi connectivity index (χ1) is 15.6. The van der Waals surface area contributed by atoms with Crippen molar-refractivity contribution in [3.63, 3.8) is 0 Å². The Kier molecular flexibility index (Phi) is 6.29. The van der Waals surface area contributed by atoms with E-state index in [1.807, 2.05) is 30.3 Å². The lowest BCUT2D eigenvalue weighted by molar-refractivity contribution is -0.172. The van der Waals surface area contributed by atoms with Gasteiger partial charge in [-0.15, -0.1) is 0 Å². The molecule has 0 N–H and O–H groups in total. The van der Waals surface area contributed by atoms with Crippen molar-refractivity contribution < 1.29 is 28.4 Å². The van der Waals surface area contributed by atoms with E-state index in [9.17, 15) is 9.59 Å². The number of carbonyl (C=O) groups excluding carboxylic acids is 2. The molecule has 1 saturated carbocycles.